The maximum absolute atomic E-state index is 10.5. The molecule has 8 heteroatoms. The fourth-order valence-electron chi connectivity index (χ4n) is 1.10. The molecule has 2 rings (SSSR count). The van der Waals surface area contributed by atoms with Crippen molar-refractivity contribution in [3.8, 4) is 11.5 Å². The van der Waals surface area contributed by atoms with Crippen molar-refractivity contribution in [1.82, 2.24) is 0 Å². The fraction of sp³-hybridized carbons (Fsp3) is 0. The van der Waals surface area contributed by atoms with Gasteiger partial charge in [-0.15, -0.1) is 0 Å². The van der Waals surface area contributed by atoms with Gasteiger partial charge < -0.3 is 20.7 Å². The molecule has 21 heavy (non-hydrogen) atoms. The van der Waals surface area contributed by atoms with E-state index in [4.69, 9.17) is 25.3 Å². The van der Waals surface area contributed by atoms with Crippen LogP contribution in [0, 0.1) is 0 Å². The average Bonchev–Trinajstić information content (AvgIpc) is 2.44. The second-order valence-electron chi connectivity index (χ2n) is 3.53. The third kappa shape index (κ3) is 6.95. The van der Waals surface area contributed by atoms with E-state index in [9.17, 15) is 8.42 Å². The summed E-state index contributed by atoms with van der Waals surface area (Å²) >= 11 is 0. The lowest BCUT2D eigenvalue weighted by Crippen LogP contribution is -1.97. The van der Waals surface area contributed by atoms with Gasteiger partial charge in [-0.3, -0.25) is 4.55 Å². The van der Waals surface area contributed by atoms with E-state index in [1.54, 1.807) is 12.1 Å². The molecule has 0 aliphatic carbocycles. The van der Waals surface area contributed by atoms with E-state index in [1.165, 1.54) is 36.4 Å². The maximum Gasteiger partial charge on any atom is 0.294 e. The molecule has 0 fully saturated rings. The first kappa shape index (κ1) is 18.4. The third-order valence-electron chi connectivity index (χ3n) is 2.06. The lowest BCUT2D eigenvalue weighted by Gasteiger charge is -1.95. The van der Waals surface area contributed by atoms with E-state index in [1.807, 2.05) is 6.79 Å². The first-order valence-electron chi connectivity index (χ1n) is 5.39. The summed E-state index contributed by atoms with van der Waals surface area (Å²) < 4.78 is 29.4. The number of para-hydroxylation sites is 2. The van der Waals surface area contributed by atoms with Gasteiger partial charge in [0, 0.05) is 5.69 Å². The van der Waals surface area contributed by atoms with Crippen molar-refractivity contribution in [3.63, 3.8) is 0 Å². The summed E-state index contributed by atoms with van der Waals surface area (Å²) in [5.74, 6) is -0.153. The molecule has 0 saturated carbocycles. The van der Waals surface area contributed by atoms with Gasteiger partial charge in [-0.25, -0.2) is 0 Å². The lowest BCUT2D eigenvalue weighted by molar-refractivity contribution is -0.0980. The van der Waals surface area contributed by atoms with Crippen molar-refractivity contribution in [2.75, 3.05) is 5.73 Å². The Hall–Kier alpha value is -2.58. The minimum absolute atomic E-state index is 0.0764. The van der Waals surface area contributed by atoms with Crippen molar-refractivity contribution in [3.05, 3.63) is 48.5 Å². The predicted octanol–water partition coefficient (Wildman–Crippen LogP) is 1.43. The Balaban J connectivity index is 0.000000354. The smallest absolute Gasteiger partial charge is 0.294 e. The van der Waals surface area contributed by atoms with Gasteiger partial charge >= 0.3 is 0 Å². The van der Waals surface area contributed by atoms with E-state index in [-0.39, 0.29) is 16.4 Å². The van der Waals surface area contributed by atoms with Gasteiger partial charge in [-0.05, 0) is 36.4 Å². The van der Waals surface area contributed by atoms with Crippen molar-refractivity contribution in [2.45, 2.75) is 4.90 Å². The summed E-state index contributed by atoms with van der Waals surface area (Å²) in [5, 5.41) is 17.3. The molecule has 7 nitrogen and oxygen atoms in total. The quantitative estimate of drug-likeness (QED) is 0.355. The van der Waals surface area contributed by atoms with Crippen LogP contribution in [-0.2, 0) is 14.9 Å². The summed E-state index contributed by atoms with van der Waals surface area (Å²) in [5.41, 5.74) is 5.75. The Labute approximate surface area is 122 Å². The van der Waals surface area contributed by atoms with E-state index in [2.05, 4.69) is 0 Å². The van der Waals surface area contributed by atoms with Crippen LogP contribution in [-0.4, -0.2) is 30.0 Å². The van der Waals surface area contributed by atoms with Gasteiger partial charge in [0.05, 0.1) is 4.90 Å². The second kappa shape index (κ2) is 8.56. The van der Waals surface area contributed by atoms with Gasteiger partial charge in [-0.2, -0.15) is 8.42 Å². The molecule has 0 aromatic heterocycles. The summed E-state index contributed by atoms with van der Waals surface area (Å²) in [7, 11) is -4.08. The maximum atomic E-state index is 10.5. The number of nitrogens with two attached hydrogens (primary N) is 1. The van der Waals surface area contributed by atoms with E-state index >= 15 is 0 Å². The normalized spacial score (nSPS) is 9.57. The van der Waals surface area contributed by atoms with Crippen molar-refractivity contribution in [1.29, 1.82) is 0 Å². The van der Waals surface area contributed by atoms with Crippen LogP contribution < -0.4 is 5.73 Å². The number of aromatic hydroxyl groups is 2. The summed E-state index contributed by atoms with van der Waals surface area (Å²) in [6.45, 7) is 2.00. The second-order valence-corrected chi connectivity index (χ2v) is 4.95. The first-order chi connectivity index (χ1) is 9.80. The highest BCUT2D eigenvalue weighted by Crippen LogP contribution is 2.21. The zero-order valence-corrected chi connectivity index (χ0v) is 11.7. The van der Waals surface area contributed by atoms with Crippen LogP contribution in [0.5, 0.6) is 11.5 Å². The van der Waals surface area contributed by atoms with E-state index in [0.29, 0.717) is 5.69 Å². The Bertz CT molecular complexity index is 634. The number of carbonyl (C=O) groups excluding carboxylic acids is 1. The number of phenols is 2. The number of nitrogen functional groups attached to an aromatic ring is 1. The topological polar surface area (TPSA) is 138 Å². The molecule has 0 aliphatic heterocycles. The predicted molar refractivity (Wildman–Crippen MR) is 77.6 cm³/mol. The molecular formula is C13H15NO6S. The molecule has 0 spiro atoms. The monoisotopic (exact) mass is 313 g/mol. The molecule has 0 aliphatic rings. The number of carbonyl (C=O) groups is 1. The molecule has 114 valence electrons. The molecule has 0 bridgehead atoms. The molecule has 2 aromatic carbocycles. The average molecular weight is 313 g/mol. The van der Waals surface area contributed by atoms with Gasteiger partial charge in [-0.1, -0.05) is 12.1 Å². The zero-order chi connectivity index (χ0) is 16.5. The van der Waals surface area contributed by atoms with Crippen LogP contribution in [0.25, 0.3) is 0 Å². The van der Waals surface area contributed by atoms with Gasteiger partial charge in [0.15, 0.2) is 11.5 Å². The summed E-state index contributed by atoms with van der Waals surface area (Å²) in [6, 6.07) is 11.4. The van der Waals surface area contributed by atoms with Gasteiger partial charge in [0.1, 0.15) is 6.79 Å². The summed E-state index contributed by atoms with van der Waals surface area (Å²) in [4.78, 5) is 7.85. The molecule has 0 amide bonds. The Kier molecular flexibility index (Phi) is 7.51. The summed E-state index contributed by atoms with van der Waals surface area (Å²) in [6.07, 6.45) is 0. The number of hydrogen-bond acceptors (Lipinski definition) is 6. The van der Waals surface area contributed by atoms with Gasteiger partial charge in [0.25, 0.3) is 10.1 Å². The Morgan fingerprint density at radius 1 is 0.857 bits per heavy atom. The van der Waals surface area contributed by atoms with E-state index < -0.39 is 10.1 Å². The standard InChI is InChI=1S/C6H7NO3S.C6H6O2.CH2O/c7-5-1-3-6(4-2-5)11(8,9)10;7-5-3-1-2-4-6(5)8;1-2/h1-4H,7H2,(H,8,9,10);1-4,7-8H;1H2. The lowest BCUT2D eigenvalue weighted by atomic mass is 10.3. The first-order valence-corrected chi connectivity index (χ1v) is 6.83. The van der Waals surface area contributed by atoms with E-state index in [0.717, 1.165) is 0 Å². The van der Waals surface area contributed by atoms with Crippen LogP contribution in [0.1, 0.15) is 0 Å². The molecule has 2 aromatic rings. The van der Waals surface area contributed by atoms with Crippen LogP contribution in [0.15, 0.2) is 53.4 Å². The van der Waals surface area contributed by atoms with Crippen LogP contribution in [0.3, 0.4) is 0 Å². The fourth-order valence-corrected chi connectivity index (χ4v) is 1.58. The van der Waals surface area contributed by atoms with Gasteiger partial charge in [0.2, 0.25) is 0 Å². The number of phenolic OH excluding ortho intramolecular Hbond substituents is 2. The Morgan fingerprint density at radius 3 is 1.52 bits per heavy atom. The SMILES string of the molecule is C=O.Nc1ccc(S(=O)(=O)O)cc1.Oc1ccccc1O. The molecule has 0 unspecified atom stereocenters. The van der Waals surface area contributed by atoms with Crippen molar-refractivity contribution in [2.24, 2.45) is 0 Å². The Morgan fingerprint density at radius 2 is 1.24 bits per heavy atom. The third-order valence-corrected chi connectivity index (χ3v) is 2.93. The van der Waals surface area contributed by atoms with Crippen LogP contribution in [0.4, 0.5) is 5.69 Å². The van der Waals surface area contributed by atoms with Crippen LogP contribution >= 0.6 is 0 Å². The number of hydrogen-bond donors (Lipinski definition) is 4. The highest BCUT2D eigenvalue weighted by molar-refractivity contribution is 7.85. The molecule has 0 saturated heterocycles. The van der Waals surface area contributed by atoms with Crippen LogP contribution in [0.2, 0.25) is 0 Å². The van der Waals surface area contributed by atoms with Crippen molar-refractivity contribution < 1.29 is 28.0 Å². The largest absolute Gasteiger partial charge is 0.504 e. The molecule has 0 heterocycles. The van der Waals surface area contributed by atoms with Crippen molar-refractivity contribution >= 4 is 22.6 Å². The highest BCUT2D eigenvalue weighted by Gasteiger charge is 2.06. The minimum Gasteiger partial charge on any atom is -0.504 e. The molecule has 0 radical (unpaired) electrons. The minimum atomic E-state index is -4.08. The molecular weight excluding hydrogens is 298 g/mol. The number of rotatable bonds is 1. The number of benzene rings is 2. The number of anilines is 1. The highest BCUT2D eigenvalue weighted by atomic mass is 32.2. The molecule has 5 N–H and O–H groups in total. The molecule has 0 atom stereocenters. The zero-order valence-electron chi connectivity index (χ0n) is 10.9.